The fraction of sp³-hybridized carbons (Fsp3) is 0.842. The molecule has 0 spiro atoms. The molecule has 0 saturated heterocycles. The van der Waals surface area contributed by atoms with Gasteiger partial charge in [0.25, 0.3) is 0 Å². The summed E-state index contributed by atoms with van der Waals surface area (Å²) in [6.45, 7) is 2.22. The van der Waals surface area contributed by atoms with E-state index in [4.69, 9.17) is 5.11 Å². The molecule has 22 heavy (non-hydrogen) atoms. The fourth-order valence-corrected chi connectivity index (χ4v) is 2.67. The largest absolute Gasteiger partial charge is 0.481 e. The Labute approximate surface area is 136 Å². The number of hydrogen-bond donors (Lipinski definition) is 1. The molecule has 3 heteroatoms. The van der Waals surface area contributed by atoms with Gasteiger partial charge in [-0.3, -0.25) is 4.79 Å². The zero-order valence-corrected chi connectivity index (χ0v) is 14.4. The smallest absolute Gasteiger partial charge is 0.303 e. The Bertz CT molecular complexity index is 317. The summed E-state index contributed by atoms with van der Waals surface area (Å²) >= 11 is 0. The summed E-state index contributed by atoms with van der Waals surface area (Å²) in [6.07, 6.45) is 15.9. The molecular weight excluding hydrogens is 276 g/mol. The Morgan fingerprint density at radius 3 is 1.55 bits per heavy atom. The lowest BCUT2D eigenvalue weighted by atomic mass is 10.0. The van der Waals surface area contributed by atoms with E-state index >= 15 is 0 Å². The number of unbranched alkanes of at least 4 members (excludes halogenated alkanes) is 10. The third kappa shape index (κ3) is 15.3. The average molecular weight is 310 g/mol. The summed E-state index contributed by atoms with van der Waals surface area (Å²) in [5.74, 6) is 1.43. The summed E-state index contributed by atoms with van der Waals surface area (Å²) in [4.78, 5) is 21.3. The van der Waals surface area contributed by atoms with Gasteiger partial charge in [0.05, 0.1) is 0 Å². The van der Waals surface area contributed by atoms with Crippen LogP contribution in [0.25, 0.3) is 0 Å². The van der Waals surface area contributed by atoms with Crippen molar-refractivity contribution >= 4 is 11.9 Å². The van der Waals surface area contributed by atoms with Crippen LogP contribution in [0, 0.1) is 0 Å². The molecule has 0 bridgehead atoms. The highest BCUT2D eigenvalue weighted by molar-refractivity contribution is 5.66. The number of rotatable bonds is 16. The third-order valence-electron chi connectivity index (χ3n) is 4.10. The van der Waals surface area contributed by atoms with Crippen LogP contribution >= 0.6 is 0 Å². The van der Waals surface area contributed by atoms with Gasteiger partial charge in [-0.05, 0) is 32.1 Å². The van der Waals surface area contributed by atoms with Gasteiger partial charge in [0, 0.05) is 12.0 Å². The molecular formula is C19H34O3. The maximum atomic E-state index is 10.9. The lowest BCUT2D eigenvalue weighted by Gasteiger charge is -2.04. The Morgan fingerprint density at radius 2 is 1.14 bits per heavy atom. The van der Waals surface area contributed by atoms with E-state index in [1.165, 1.54) is 32.1 Å². The highest BCUT2D eigenvalue weighted by atomic mass is 16.4. The zero-order chi connectivity index (χ0) is 16.5. The molecule has 0 aromatic heterocycles. The first kappa shape index (κ1) is 20.9. The molecule has 0 radical (unpaired) electrons. The van der Waals surface area contributed by atoms with E-state index < -0.39 is 5.97 Å². The molecule has 0 aliphatic heterocycles. The number of carboxylic acid groups (broad SMARTS) is 1. The van der Waals surface area contributed by atoms with Crippen LogP contribution < -0.4 is 0 Å². The van der Waals surface area contributed by atoms with Crippen molar-refractivity contribution in [2.75, 3.05) is 0 Å². The summed E-state index contributed by atoms with van der Waals surface area (Å²) in [6, 6.07) is 0. The van der Waals surface area contributed by atoms with Crippen LogP contribution in [0.1, 0.15) is 103 Å². The van der Waals surface area contributed by atoms with Gasteiger partial charge in [-0.25, -0.2) is 4.79 Å². The number of carbonyl (C=O) groups is 1. The molecule has 1 N–H and O–H groups in total. The van der Waals surface area contributed by atoms with E-state index in [1.54, 1.807) is 0 Å². The van der Waals surface area contributed by atoms with Crippen LogP contribution in [0.15, 0.2) is 5.57 Å². The van der Waals surface area contributed by atoms with Crippen molar-refractivity contribution in [3.8, 4) is 0 Å². The average Bonchev–Trinajstić information content (AvgIpc) is 2.50. The van der Waals surface area contributed by atoms with Crippen LogP contribution in [-0.4, -0.2) is 17.0 Å². The Hall–Kier alpha value is -1.08. The normalized spacial score (nSPS) is 10.4. The topological polar surface area (TPSA) is 54.4 Å². The zero-order valence-electron chi connectivity index (χ0n) is 14.4. The fourth-order valence-electron chi connectivity index (χ4n) is 2.67. The van der Waals surface area contributed by atoms with Crippen molar-refractivity contribution in [1.29, 1.82) is 0 Å². The van der Waals surface area contributed by atoms with Crippen molar-refractivity contribution in [3.63, 3.8) is 0 Å². The first-order chi connectivity index (χ1) is 10.7. The Balaban J connectivity index is 3.39. The maximum absolute atomic E-state index is 10.9. The summed E-state index contributed by atoms with van der Waals surface area (Å²) < 4.78 is 0. The van der Waals surface area contributed by atoms with Crippen molar-refractivity contribution < 1.29 is 14.7 Å². The van der Waals surface area contributed by atoms with Crippen LogP contribution in [0.5, 0.6) is 0 Å². The number of allylic oxidation sites excluding steroid dienone is 1. The first-order valence-corrected chi connectivity index (χ1v) is 9.15. The Morgan fingerprint density at radius 1 is 0.727 bits per heavy atom. The van der Waals surface area contributed by atoms with Gasteiger partial charge in [-0.1, -0.05) is 64.7 Å². The SMILES string of the molecule is CCCCCCCCC(=C=O)CCCCCCCCC(=O)O. The van der Waals surface area contributed by atoms with Crippen LogP contribution in [0.3, 0.4) is 0 Å². The Kier molecular flexibility index (Phi) is 15.5. The molecule has 3 nitrogen and oxygen atoms in total. The van der Waals surface area contributed by atoms with Gasteiger partial charge in [0.1, 0.15) is 5.94 Å². The van der Waals surface area contributed by atoms with E-state index in [0.29, 0.717) is 0 Å². The number of hydrogen-bond acceptors (Lipinski definition) is 2. The maximum Gasteiger partial charge on any atom is 0.303 e. The molecule has 0 fully saturated rings. The molecule has 0 heterocycles. The molecule has 128 valence electrons. The standard InChI is InChI=1S/C19H34O3/c1-2-3-4-5-8-11-14-18(17-20)15-12-9-6-7-10-13-16-19(21)22/h2-16H2,1H3,(H,21,22). The predicted octanol–water partition coefficient (Wildman–Crippen LogP) is 5.70. The first-order valence-electron chi connectivity index (χ1n) is 9.15. The van der Waals surface area contributed by atoms with E-state index in [1.807, 2.05) is 0 Å². The molecule has 0 rings (SSSR count). The van der Waals surface area contributed by atoms with Crippen LogP contribution in [0.4, 0.5) is 0 Å². The minimum absolute atomic E-state index is 0.288. The summed E-state index contributed by atoms with van der Waals surface area (Å²) in [5.41, 5.74) is 0.960. The molecule has 0 aliphatic carbocycles. The minimum atomic E-state index is -0.699. The van der Waals surface area contributed by atoms with Crippen molar-refractivity contribution in [1.82, 2.24) is 0 Å². The minimum Gasteiger partial charge on any atom is -0.481 e. The molecule has 0 aromatic rings. The monoisotopic (exact) mass is 310 g/mol. The second-order valence-electron chi connectivity index (χ2n) is 6.24. The van der Waals surface area contributed by atoms with Gasteiger partial charge in [-0.15, -0.1) is 0 Å². The molecule has 0 saturated carbocycles. The molecule has 0 atom stereocenters. The molecule has 0 aliphatic rings. The van der Waals surface area contributed by atoms with Crippen molar-refractivity contribution in [3.05, 3.63) is 5.57 Å². The summed E-state index contributed by atoms with van der Waals surface area (Å²) in [7, 11) is 0. The predicted molar refractivity (Wildman–Crippen MR) is 91.8 cm³/mol. The second-order valence-corrected chi connectivity index (χ2v) is 6.24. The van der Waals surface area contributed by atoms with Gasteiger partial charge < -0.3 is 5.11 Å². The van der Waals surface area contributed by atoms with Crippen molar-refractivity contribution in [2.24, 2.45) is 0 Å². The van der Waals surface area contributed by atoms with Crippen LogP contribution in [0.2, 0.25) is 0 Å². The molecule has 0 amide bonds. The van der Waals surface area contributed by atoms with E-state index in [0.717, 1.165) is 63.4 Å². The summed E-state index contributed by atoms with van der Waals surface area (Å²) in [5, 5.41) is 8.53. The van der Waals surface area contributed by atoms with Crippen LogP contribution in [-0.2, 0) is 9.59 Å². The van der Waals surface area contributed by atoms with Gasteiger partial charge in [0.2, 0.25) is 0 Å². The highest BCUT2D eigenvalue weighted by Crippen LogP contribution is 2.16. The quantitative estimate of drug-likeness (QED) is 0.294. The lowest BCUT2D eigenvalue weighted by Crippen LogP contribution is -1.93. The van der Waals surface area contributed by atoms with Crippen molar-refractivity contribution in [2.45, 2.75) is 103 Å². The highest BCUT2D eigenvalue weighted by Gasteiger charge is 2.01. The number of carbonyl (C=O) groups excluding carboxylic acids is 1. The van der Waals surface area contributed by atoms with E-state index in [-0.39, 0.29) is 6.42 Å². The lowest BCUT2D eigenvalue weighted by molar-refractivity contribution is -0.137. The van der Waals surface area contributed by atoms with E-state index in [2.05, 4.69) is 12.9 Å². The molecule has 0 unspecified atom stereocenters. The third-order valence-corrected chi connectivity index (χ3v) is 4.10. The van der Waals surface area contributed by atoms with Gasteiger partial charge >= 0.3 is 5.97 Å². The molecule has 0 aromatic carbocycles. The number of aliphatic carboxylic acids is 1. The van der Waals surface area contributed by atoms with E-state index in [9.17, 15) is 9.59 Å². The van der Waals surface area contributed by atoms with Gasteiger partial charge in [-0.2, -0.15) is 0 Å². The second kappa shape index (κ2) is 16.3. The van der Waals surface area contributed by atoms with Gasteiger partial charge in [0.15, 0.2) is 0 Å². The number of carboxylic acids is 1.